The molecular formula is C65H114O6. The molecule has 410 valence electrons. The molecule has 0 saturated carbocycles. The van der Waals surface area contributed by atoms with Gasteiger partial charge in [0, 0.05) is 19.3 Å². The van der Waals surface area contributed by atoms with Crippen LogP contribution in [0, 0.1) is 0 Å². The van der Waals surface area contributed by atoms with E-state index in [-0.39, 0.29) is 31.1 Å². The number of carbonyl (C=O) groups is 3. The lowest BCUT2D eigenvalue weighted by Crippen LogP contribution is -2.30. The van der Waals surface area contributed by atoms with Crippen molar-refractivity contribution in [2.45, 2.75) is 309 Å². The molecule has 1 atom stereocenters. The van der Waals surface area contributed by atoms with Gasteiger partial charge in [-0.3, -0.25) is 14.4 Å². The summed E-state index contributed by atoms with van der Waals surface area (Å²) >= 11 is 0. The molecule has 71 heavy (non-hydrogen) atoms. The Kier molecular flexibility index (Phi) is 56.8. The van der Waals surface area contributed by atoms with Crippen LogP contribution in [0.3, 0.4) is 0 Å². The number of unbranched alkanes of at least 4 members (excludes halogenated alkanes) is 32. The van der Waals surface area contributed by atoms with E-state index < -0.39 is 6.10 Å². The van der Waals surface area contributed by atoms with E-state index in [1.54, 1.807) is 0 Å². The maximum absolute atomic E-state index is 12.9. The standard InChI is InChI=1S/C65H114O6/c1-4-7-10-13-16-19-22-25-28-30-32-34-37-40-43-46-49-52-55-58-64(67)70-61-62(60-69-63(66)57-54-51-48-45-42-39-36-27-24-21-18-15-12-9-6-3)71-65(68)59-56-53-50-47-44-41-38-35-33-31-29-26-23-20-17-14-11-8-5-2/h17-18,20-21,26-27,29,33,35-36,41,44,62H,4-16,19,22-25,28,30-32,34,37-40,42-43,45-61H2,1-3H3/b20-17-,21-18-,29-26-,35-33-,36-27-,44-41-/t62-/m1/s1. The van der Waals surface area contributed by atoms with Crippen LogP contribution in [0.1, 0.15) is 303 Å². The number of hydrogen-bond acceptors (Lipinski definition) is 6. The minimum absolute atomic E-state index is 0.0905. The first-order valence-electron chi connectivity index (χ1n) is 30.4. The van der Waals surface area contributed by atoms with Crippen molar-refractivity contribution in [2.75, 3.05) is 13.2 Å². The maximum Gasteiger partial charge on any atom is 0.306 e. The lowest BCUT2D eigenvalue weighted by molar-refractivity contribution is -0.167. The summed E-state index contributed by atoms with van der Waals surface area (Å²) in [7, 11) is 0. The molecule has 0 unspecified atom stereocenters. The van der Waals surface area contributed by atoms with Crippen LogP contribution in [0.4, 0.5) is 0 Å². The summed E-state index contributed by atoms with van der Waals surface area (Å²) in [5, 5.41) is 0. The van der Waals surface area contributed by atoms with E-state index in [9.17, 15) is 14.4 Å². The molecular weight excluding hydrogens is 877 g/mol. The second-order valence-corrected chi connectivity index (χ2v) is 20.3. The molecule has 0 bridgehead atoms. The van der Waals surface area contributed by atoms with Crippen LogP contribution in [-0.4, -0.2) is 37.2 Å². The van der Waals surface area contributed by atoms with Crippen LogP contribution in [0.5, 0.6) is 0 Å². The van der Waals surface area contributed by atoms with Gasteiger partial charge in [0.25, 0.3) is 0 Å². The van der Waals surface area contributed by atoms with E-state index in [0.29, 0.717) is 19.3 Å². The van der Waals surface area contributed by atoms with Crippen LogP contribution in [0.25, 0.3) is 0 Å². The normalized spacial score (nSPS) is 12.5. The molecule has 0 fully saturated rings. The topological polar surface area (TPSA) is 78.9 Å². The van der Waals surface area contributed by atoms with E-state index in [1.807, 2.05) is 0 Å². The number of carbonyl (C=O) groups excluding carboxylic acids is 3. The Morgan fingerprint density at radius 3 is 0.831 bits per heavy atom. The van der Waals surface area contributed by atoms with Crippen molar-refractivity contribution < 1.29 is 28.6 Å². The molecule has 6 heteroatoms. The SMILES string of the molecule is CCCCC/C=C\C/C=C\C/C=C\C/C=C\CCCCCC(=O)O[C@H](COC(=O)CCCCCCC/C=C\C/C=C\CCCCC)COC(=O)CCCCCCCCCCCCCCCCCCCCC. The van der Waals surface area contributed by atoms with Gasteiger partial charge in [-0.25, -0.2) is 0 Å². The van der Waals surface area contributed by atoms with Crippen molar-refractivity contribution in [3.63, 3.8) is 0 Å². The van der Waals surface area contributed by atoms with E-state index in [0.717, 1.165) is 109 Å². The molecule has 0 amide bonds. The molecule has 0 heterocycles. The zero-order valence-corrected chi connectivity index (χ0v) is 47.0. The fourth-order valence-corrected chi connectivity index (χ4v) is 8.57. The summed E-state index contributed by atoms with van der Waals surface area (Å²) in [6, 6.07) is 0. The van der Waals surface area contributed by atoms with Gasteiger partial charge in [0.15, 0.2) is 6.10 Å². The largest absolute Gasteiger partial charge is 0.462 e. The fraction of sp³-hybridized carbons (Fsp3) is 0.769. The van der Waals surface area contributed by atoms with Crippen molar-refractivity contribution in [3.8, 4) is 0 Å². The molecule has 0 aliphatic rings. The van der Waals surface area contributed by atoms with Crippen LogP contribution in [0.2, 0.25) is 0 Å². The van der Waals surface area contributed by atoms with Crippen molar-refractivity contribution in [1.29, 1.82) is 0 Å². The highest BCUT2D eigenvalue weighted by Crippen LogP contribution is 2.16. The first kappa shape index (κ1) is 67.8. The van der Waals surface area contributed by atoms with E-state index >= 15 is 0 Å². The summed E-state index contributed by atoms with van der Waals surface area (Å²) in [6.45, 7) is 6.58. The van der Waals surface area contributed by atoms with Crippen molar-refractivity contribution in [3.05, 3.63) is 72.9 Å². The Labute approximate surface area is 440 Å². The predicted molar refractivity (Wildman–Crippen MR) is 307 cm³/mol. The lowest BCUT2D eigenvalue weighted by atomic mass is 10.0. The molecule has 0 aliphatic heterocycles. The van der Waals surface area contributed by atoms with Gasteiger partial charge in [0.05, 0.1) is 0 Å². The van der Waals surface area contributed by atoms with Gasteiger partial charge < -0.3 is 14.2 Å². The molecule has 0 N–H and O–H groups in total. The molecule has 0 spiro atoms. The Balaban J connectivity index is 4.43. The zero-order valence-electron chi connectivity index (χ0n) is 47.0. The minimum Gasteiger partial charge on any atom is -0.462 e. The highest BCUT2D eigenvalue weighted by molar-refractivity contribution is 5.71. The van der Waals surface area contributed by atoms with Crippen LogP contribution >= 0.6 is 0 Å². The number of hydrogen-bond donors (Lipinski definition) is 0. The number of rotatable bonds is 55. The minimum atomic E-state index is -0.797. The number of allylic oxidation sites excluding steroid dienone is 12. The zero-order chi connectivity index (χ0) is 51.4. The van der Waals surface area contributed by atoms with Gasteiger partial charge >= 0.3 is 17.9 Å². The average Bonchev–Trinajstić information content (AvgIpc) is 3.37. The van der Waals surface area contributed by atoms with Crippen LogP contribution in [-0.2, 0) is 28.6 Å². The first-order valence-corrected chi connectivity index (χ1v) is 30.4. The van der Waals surface area contributed by atoms with Gasteiger partial charge in [-0.1, -0.05) is 261 Å². The Hall–Kier alpha value is -3.15. The highest BCUT2D eigenvalue weighted by Gasteiger charge is 2.19. The summed E-state index contributed by atoms with van der Waals surface area (Å²) < 4.78 is 16.9. The molecule has 6 nitrogen and oxygen atoms in total. The molecule has 0 aromatic carbocycles. The summed E-state index contributed by atoms with van der Waals surface area (Å²) in [5.41, 5.74) is 0. The van der Waals surface area contributed by atoms with Gasteiger partial charge in [-0.2, -0.15) is 0 Å². The van der Waals surface area contributed by atoms with Gasteiger partial charge in [0.1, 0.15) is 13.2 Å². The monoisotopic (exact) mass is 991 g/mol. The Bertz CT molecular complexity index is 1320. The molecule has 0 aromatic rings. The Morgan fingerprint density at radius 2 is 0.507 bits per heavy atom. The fourth-order valence-electron chi connectivity index (χ4n) is 8.57. The quantitative estimate of drug-likeness (QED) is 0.0261. The van der Waals surface area contributed by atoms with Crippen molar-refractivity contribution in [1.82, 2.24) is 0 Å². The summed E-state index contributed by atoms with van der Waals surface area (Å²) in [4.78, 5) is 38.2. The number of ether oxygens (including phenoxy) is 3. The van der Waals surface area contributed by atoms with Crippen LogP contribution in [0.15, 0.2) is 72.9 Å². The Morgan fingerprint density at radius 1 is 0.282 bits per heavy atom. The second-order valence-electron chi connectivity index (χ2n) is 20.3. The first-order chi connectivity index (χ1) is 35.0. The predicted octanol–water partition coefficient (Wildman–Crippen LogP) is 20.5. The highest BCUT2D eigenvalue weighted by atomic mass is 16.6. The smallest absolute Gasteiger partial charge is 0.306 e. The number of esters is 3. The van der Waals surface area contributed by atoms with Crippen molar-refractivity contribution in [2.24, 2.45) is 0 Å². The summed E-state index contributed by atoms with van der Waals surface area (Å²) in [5.74, 6) is -0.923. The molecule has 0 aliphatic carbocycles. The summed E-state index contributed by atoms with van der Waals surface area (Å²) in [6.07, 6.45) is 76.1. The van der Waals surface area contributed by atoms with Gasteiger partial charge in [-0.15, -0.1) is 0 Å². The van der Waals surface area contributed by atoms with Crippen molar-refractivity contribution >= 4 is 17.9 Å². The average molecular weight is 992 g/mol. The maximum atomic E-state index is 12.9. The third-order valence-electron chi connectivity index (χ3n) is 13.2. The van der Waals surface area contributed by atoms with Gasteiger partial charge in [-0.05, 0) is 96.3 Å². The second kappa shape index (κ2) is 59.4. The third-order valence-corrected chi connectivity index (χ3v) is 13.2. The van der Waals surface area contributed by atoms with E-state index in [2.05, 4.69) is 93.7 Å². The molecule has 0 radical (unpaired) electrons. The molecule has 0 aromatic heterocycles. The van der Waals surface area contributed by atoms with Crippen LogP contribution < -0.4 is 0 Å². The molecule has 0 saturated heterocycles. The van der Waals surface area contributed by atoms with E-state index in [4.69, 9.17) is 14.2 Å². The lowest BCUT2D eigenvalue weighted by Gasteiger charge is -2.18. The van der Waals surface area contributed by atoms with Gasteiger partial charge in [0.2, 0.25) is 0 Å². The third kappa shape index (κ3) is 57.6. The van der Waals surface area contributed by atoms with E-state index in [1.165, 1.54) is 154 Å². The molecule has 0 rings (SSSR count).